The molecule has 0 aliphatic carbocycles. The van der Waals surface area contributed by atoms with Crippen LogP contribution in [-0.2, 0) is 0 Å². The Hall–Kier alpha value is -0.290. The number of likely N-dealkylation sites (tertiary alicyclic amines) is 2. The largest absolute Gasteiger partial charge is 0.406 e. The van der Waals surface area contributed by atoms with E-state index >= 15 is 0 Å². The third-order valence-corrected chi connectivity index (χ3v) is 4.45. The average molecular weight is 264 g/mol. The van der Waals surface area contributed by atoms with Crippen LogP contribution < -0.4 is 0 Å². The fourth-order valence-corrected chi connectivity index (χ4v) is 3.28. The Morgan fingerprint density at radius 1 is 1.11 bits per heavy atom. The minimum absolute atomic E-state index is 0.0598. The second kappa shape index (κ2) is 4.10. The normalized spacial score (nSPS) is 35.8. The number of hydrogen-bond donors (Lipinski definition) is 0. The van der Waals surface area contributed by atoms with Gasteiger partial charge in [-0.25, -0.2) is 0 Å². The van der Waals surface area contributed by atoms with E-state index in [1.807, 2.05) is 20.8 Å². The second-order valence-electron chi connectivity index (χ2n) is 6.80. The van der Waals surface area contributed by atoms with Gasteiger partial charge in [0.1, 0.15) is 5.54 Å². The van der Waals surface area contributed by atoms with Gasteiger partial charge in [0.15, 0.2) is 0 Å². The zero-order valence-corrected chi connectivity index (χ0v) is 11.6. The Kier molecular flexibility index (Phi) is 3.22. The first kappa shape index (κ1) is 14.1. The number of halogens is 3. The molecule has 5 heteroatoms. The molecule has 0 aromatic rings. The SMILES string of the molecule is CC(C)(C)N1CC(N2CCC2)C[C@@]1(C)C(F)(F)F. The Balaban J connectivity index is 2.25. The molecule has 0 spiro atoms. The summed E-state index contributed by atoms with van der Waals surface area (Å²) in [5, 5.41) is 0. The van der Waals surface area contributed by atoms with Crippen molar-refractivity contribution in [1.29, 1.82) is 0 Å². The Morgan fingerprint density at radius 2 is 1.67 bits per heavy atom. The molecule has 2 atom stereocenters. The summed E-state index contributed by atoms with van der Waals surface area (Å²) in [6.07, 6.45) is -2.84. The van der Waals surface area contributed by atoms with Crippen LogP contribution in [0, 0.1) is 0 Å². The molecule has 106 valence electrons. The number of rotatable bonds is 1. The quantitative estimate of drug-likeness (QED) is 0.718. The van der Waals surface area contributed by atoms with Crippen molar-refractivity contribution < 1.29 is 13.2 Å². The predicted octanol–water partition coefficient (Wildman–Crippen LogP) is 2.89. The standard InChI is InChI=1S/C13H23F3N2/c1-11(2,3)18-9-10(17-6-5-7-17)8-12(18,4)13(14,15)16/h10H,5-9H2,1-4H3/t10?,12-/m0/s1. The molecule has 2 fully saturated rings. The van der Waals surface area contributed by atoms with E-state index in [0.717, 1.165) is 19.5 Å². The molecular weight excluding hydrogens is 241 g/mol. The monoisotopic (exact) mass is 264 g/mol. The number of hydrogen-bond acceptors (Lipinski definition) is 2. The highest BCUT2D eigenvalue weighted by molar-refractivity contribution is 5.08. The van der Waals surface area contributed by atoms with Gasteiger partial charge < -0.3 is 0 Å². The molecule has 2 nitrogen and oxygen atoms in total. The van der Waals surface area contributed by atoms with Gasteiger partial charge in [-0.05, 0) is 53.6 Å². The van der Waals surface area contributed by atoms with E-state index in [4.69, 9.17) is 0 Å². The summed E-state index contributed by atoms with van der Waals surface area (Å²) >= 11 is 0. The smallest absolute Gasteiger partial charge is 0.299 e. The van der Waals surface area contributed by atoms with Crippen LogP contribution >= 0.6 is 0 Å². The lowest BCUT2D eigenvalue weighted by molar-refractivity contribution is -0.229. The highest BCUT2D eigenvalue weighted by Crippen LogP contribution is 2.47. The summed E-state index contributed by atoms with van der Waals surface area (Å²) in [5.41, 5.74) is -2.14. The highest BCUT2D eigenvalue weighted by Gasteiger charge is 2.62. The summed E-state index contributed by atoms with van der Waals surface area (Å²) in [6, 6.07) is 0.0598. The lowest BCUT2D eigenvalue weighted by Gasteiger charge is -2.44. The van der Waals surface area contributed by atoms with Crippen molar-refractivity contribution in [3.63, 3.8) is 0 Å². The molecule has 2 heterocycles. The molecule has 0 aromatic carbocycles. The fraction of sp³-hybridized carbons (Fsp3) is 1.00. The molecule has 1 unspecified atom stereocenters. The van der Waals surface area contributed by atoms with Crippen molar-refractivity contribution >= 4 is 0 Å². The van der Waals surface area contributed by atoms with Gasteiger partial charge in [0.2, 0.25) is 0 Å². The maximum absolute atomic E-state index is 13.4. The molecular formula is C13H23F3N2. The predicted molar refractivity (Wildman–Crippen MR) is 65.5 cm³/mol. The molecule has 18 heavy (non-hydrogen) atoms. The van der Waals surface area contributed by atoms with Gasteiger partial charge in [0.25, 0.3) is 0 Å². The first-order valence-corrected chi connectivity index (χ1v) is 6.64. The molecule has 0 bridgehead atoms. The van der Waals surface area contributed by atoms with Gasteiger partial charge in [-0.3, -0.25) is 9.80 Å². The van der Waals surface area contributed by atoms with Crippen molar-refractivity contribution in [3.05, 3.63) is 0 Å². The Labute approximate surface area is 107 Å². The number of alkyl halides is 3. The molecule has 0 amide bonds. The zero-order valence-electron chi connectivity index (χ0n) is 11.6. The van der Waals surface area contributed by atoms with Crippen molar-refractivity contribution in [2.24, 2.45) is 0 Å². The van der Waals surface area contributed by atoms with Crippen LogP contribution in [0.1, 0.15) is 40.5 Å². The van der Waals surface area contributed by atoms with E-state index < -0.39 is 17.3 Å². The van der Waals surface area contributed by atoms with Gasteiger partial charge >= 0.3 is 6.18 Å². The lowest BCUT2D eigenvalue weighted by atomic mass is 9.92. The van der Waals surface area contributed by atoms with Crippen molar-refractivity contribution in [3.8, 4) is 0 Å². The van der Waals surface area contributed by atoms with Crippen molar-refractivity contribution in [1.82, 2.24) is 9.80 Å². The molecule has 2 aliphatic rings. The second-order valence-corrected chi connectivity index (χ2v) is 6.80. The maximum Gasteiger partial charge on any atom is 0.406 e. The van der Waals surface area contributed by atoms with Crippen LogP contribution in [0.4, 0.5) is 13.2 Å². The van der Waals surface area contributed by atoms with Gasteiger partial charge in [-0.2, -0.15) is 13.2 Å². The molecule has 2 aliphatic heterocycles. The first-order valence-electron chi connectivity index (χ1n) is 6.64. The summed E-state index contributed by atoms with van der Waals surface area (Å²) in [7, 11) is 0. The summed E-state index contributed by atoms with van der Waals surface area (Å²) in [6.45, 7) is 9.41. The summed E-state index contributed by atoms with van der Waals surface area (Å²) in [4.78, 5) is 3.83. The minimum Gasteiger partial charge on any atom is -0.299 e. The summed E-state index contributed by atoms with van der Waals surface area (Å²) in [5.74, 6) is 0. The molecule has 2 rings (SSSR count). The van der Waals surface area contributed by atoms with E-state index in [2.05, 4.69) is 4.90 Å². The van der Waals surface area contributed by atoms with E-state index in [0.29, 0.717) is 6.54 Å². The van der Waals surface area contributed by atoms with Crippen LogP contribution in [0.3, 0.4) is 0 Å². The van der Waals surface area contributed by atoms with E-state index in [1.54, 1.807) is 4.90 Å². The molecule has 2 saturated heterocycles. The van der Waals surface area contributed by atoms with E-state index in [9.17, 15) is 13.2 Å². The number of nitrogens with zero attached hydrogens (tertiary/aromatic N) is 2. The maximum atomic E-state index is 13.4. The van der Waals surface area contributed by atoms with Crippen LogP contribution in [-0.4, -0.2) is 52.7 Å². The molecule has 0 N–H and O–H groups in total. The Morgan fingerprint density at radius 3 is 1.94 bits per heavy atom. The van der Waals surface area contributed by atoms with Crippen molar-refractivity contribution in [2.75, 3.05) is 19.6 Å². The minimum atomic E-state index is -4.17. The van der Waals surface area contributed by atoms with Gasteiger partial charge in [0, 0.05) is 18.1 Å². The molecule has 0 saturated carbocycles. The van der Waals surface area contributed by atoms with Gasteiger partial charge in [0.05, 0.1) is 0 Å². The van der Waals surface area contributed by atoms with Crippen LogP contribution in [0.5, 0.6) is 0 Å². The molecule has 0 aromatic heterocycles. The van der Waals surface area contributed by atoms with Crippen LogP contribution in [0.25, 0.3) is 0 Å². The zero-order chi connectivity index (χ0) is 13.8. The highest BCUT2D eigenvalue weighted by atomic mass is 19.4. The first-order chi connectivity index (χ1) is 8.06. The van der Waals surface area contributed by atoms with E-state index in [1.165, 1.54) is 6.92 Å². The molecule has 0 radical (unpaired) electrons. The van der Waals surface area contributed by atoms with E-state index in [-0.39, 0.29) is 12.5 Å². The van der Waals surface area contributed by atoms with Crippen molar-refractivity contribution in [2.45, 2.75) is 63.8 Å². The average Bonchev–Trinajstić information content (AvgIpc) is 2.39. The third kappa shape index (κ3) is 2.16. The third-order valence-electron chi connectivity index (χ3n) is 4.45. The lowest BCUT2D eigenvalue weighted by Crippen LogP contribution is -2.59. The van der Waals surface area contributed by atoms with Crippen LogP contribution in [0.15, 0.2) is 0 Å². The van der Waals surface area contributed by atoms with Crippen LogP contribution in [0.2, 0.25) is 0 Å². The topological polar surface area (TPSA) is 6.48 Å². The Bertz CT molecular complexity index is 317. The van der Waals surface area contributed by atoms with Gasteiger partial charge in [-0.15, -0.1) is 0 Å². The van der Waals surface area contributed by atoms with Gasteiger partial charge in [-0.1, -0.05) is 0 Å². The fourth-order valence-electron chi connectivity index (χ4n) is 3.28. The summed E-state index contributed by atoms with van der Waals surface area (Å²) < 4.78 is 40.3.